The van der Waals surface area contributed by atoms with Gasteiger partial charge >= 0.3 is 0 Å². The van der Waals surface area contributed by atoms with Crippen LogP contribution in [-0.2, 0) is 9.59 Å². The highest BCUT2D eigenvalue weighted by Crippen LogP contribution is 2.41. The lowest BCUT2D eigenvalue weighted by Gasteiger charge is -2.26. The molecule has 2 aromatic carbocycles. The third-order valence-corrected chi connectivity index (χ3v) is 5.81. The third kappa shape index (κ3) is 4.73. The molecule has 1 aliphatic rings. The summed E-state index contributed by atoms with van der Waals surface area (Å²) < 4.78 is 0. The largest absolute Gasteiger partial charge is 0.507 e. The van der Waals surface area contributed by atoms with Gasteiger partial charge in [0.25, 0.3) is 17.4 Å². The van der Waals surface area contributed by atoms with Crippen LogP contribution in [0.5, 0.6) is 5.75 Å². The van der Waals surface area contributed by atoms with E-state index in [-0.39, 0.29) is 29.1 Å². The molecule has 1 fully saturated rings. The molecule has 9 nitrogen and oxygen atoms in total. The van der Waals surface area contributed by atoms with Crippen LogP contribution in [0.1, 0.15) is 34.7 Å². The van der Waals surface area contributed by atoms with Gasteiger partial charge in [-0.2, -0.15) is 0 Å². The second kappa shape index (κ2) is 9.41. The predicted molar refractivity (Wildman–Crippen MR) is 123 cm³/mol. The van der Waals surface area contributed by atoms with Gasteiger partial charge in [-0.15, -0.1) is 0 Å². The zero-order chi connectivity index (χ0) is 24.4. The van der Waals surface area contributed by atoms with Crippen LogP contribution in [-0.4, -0.2) is 63.8 Å². The first-order chi connectivity index (χ1) is 15.5. The van der Waals surface area contributed by atoms with Crippen LogP contribution in [0.3, 0.4) is 0 Å². The molecule has 0 radical (unpaired) electrons. The van der Waals surface area contributed by atoms with E-state index in [9.17, 15) is 29.9 Å². The molecule has 1 heterocycles. The molecule has 1 unspecified atom stereocenters. The fourth-order valence-electron chi connectivity index (χ4n) is 3.96. The first kappa shape index (κ1) is 23.9. The Balaban J connectivity index is 2.20. The van der Waals surface area contributed by atoms with E-state index in [1.165, 1.54) is 29.2 Å². The molecule has 1 atom stereocenters. The first-order valence-electron chi connectivity index (χ1n) is 10.5. The SMILES string of the molecule is Cc1cc(O)c(C(O)=C2C(=O)C(=O)N(CCCN(C)C)C2c2cccc([N+](=O)[O-])c2)cc1C. The Bertz CT molecular complexity index is 1150. The van der Waals surface area contributed by atoms with Crippen LogP contribution in [0.4, 0.5) is 5.69 Å². The van der Waals surface area contributed by atoms with Crippen molar-refractivity contribution >= 4 is 23.1 Å². The summed E-state index contributed by atoms with van der Waals surface area (Å²) in [6.07, 6.45) is 0.556. The topological polar surface area (TPSA) is 124 Å². The van der Waals surface area contributed by atoms with E-state index in [1.807, 2.05) is 19.0 Å². The lowest BCUT2D eigenvalue weighted by atomic mass is 9.93. The average Bonchev–Trinajstić information content (AvgIpc) is 3.00. The molecular weight excluding hydrogens is 426 g/mol. The maximum absolute atomic E-state index is 13.1. The fraction of sp³-hybridized carbons (Fsp3) is 0.333. The van der Waals surface area contributed by atoms with Gasteiger partial charge in [-0.05, 0) is 69.7 Å². The lowest BCUT2D eigenvalue weighted by Crippen LogP contribution is -2.32. The molecule has 0 aliphatic carbocycles. The number of ketones is 1. The second-order valence-corrected chi connectivity index (χ2v) is 8.46. The number of likely N-dealkylation sites (tertiary alicyclic amines) is 1. The van der Waals surface area contributed by atoms with Gasteiger partial charge in [-0.1, -0.05) is 12.1 Å². The highest BCUT2D eigenvalue weighted by atomic mass is 16.6. The monoisotopic (exact) mass is 453 g/mol. The van der Waals surface area contributed by atoms with Gasteiger partial charge in [0.05, 0.1) is 22.1 Å². The van der Waals surface area contributed by atoms with Crippen molar-refractivity contribution in [2.45, 2.75) is 26.3 Å². The summed E-state index contributed by atoms with van der Waals surface area (Å²) in [6.45, 7) is 4.46. The van der Waals surface area contributed by atoms with E-state index in [4.69, 9.17) is 0 Å². The number of rotatable bonds is 7. The predicted octanol–water partition coefficient (Wildman–Crippen LogP) is 3.29. The van der Waals surface area contributed by atoms with Crippen LogP contribution in [0.15, 0.2) is 42.0 Å². The number of carbonyl (C=O) groups is 2. The molecule has 2 N–H and O–H groups in total. The van der Waals surface area contributed by atoms with Crippen molar-refractivity contribution in [3.05, 3.63) is 74.3 Å². The van der Waals surface area contributed by atoms with Gasteiger partial charge < -0.3 is 20.0 Å². The van der Waals surface area contributed by atoms with Crippen LogP contribution in [0.25, 0.3) is 5.76 Å². The van der Waals surface area contributed by atoms with Gasteiger partial charge in [0, 0.05) is 18.7 Å². The Morgan fingerprint density at radius 1 is 1.15 bits per heavy atom. The number of non-ortho nitro benzene ring substituents is 1. The van der Waals surface area contributed by atoms with Crippen LogP contribution < -0.4 is 0 Å². The Morgan fingerprint density at radius 2 is 1.82 bits per heavy atom. The standard InChI is InChI=1S/C24H27N3O6/c1-14-11-18(19(28)12-15(14)2)22(29)20-21(16-7-5-8-17(13-16)27(32)33)26(24(31)23(20)30)10-6-9-25(3)4/h5,7-8,11-13,21,28-29H,6,9-10H2,1-4H3. The van der Waals surface area contributed by atoms with E-state index >= 15 is 0 Å². The number of aliphatic hydroxyl groups is 1. The Labute approximate surface area is 191 Å². The van der Waals surface area contributed by atoms with Crippen molar-refractivity contribution in [3.63, 3.8) is 0 Å². The Morgan fingerprint density at radius 3 is 2.45 bits per heavy atom. The van der Waals surface area contributed by atoms with Crippen LogP contribution in [0.2, 0.25) is 0 Å². The minimum Gasteiger partial charge on any atom is -0.507 e. The lowest BCUT2D eigenvalue weighted by molar-refractivity contribution is -0.384. The highest BCUT2D eigenvalue weighted by Gasteiger charge is 2.46. The van der Waals surface area contributed by atoms with E-state index in [2.05, 4.69) is 0 Å². The van der Waals surface area contributed by atoms with Gasteiger partial charge in [0.1, 0.15) is 11.5 Å². The second-order valence-electron chi connectivity index (χ2n) is 8.46. The maximum Gasteiger partial charge on any atom is 0.295 e. The number of aromatic hydroxyl groups is 1. The third-order valence-electron chi connectivity index (χ3n) is 5.81. The molecule has 2 aromatic rings. The van der Waals surface area contributed by atoms with Crippen LogP contribution >= 0.6 is 0 Å². The molecule has 33 heavy (non-hydrogen) atoms. The smallest absolute Gasteiger partial charge is 0.295 e. The number of carbonyl (C=O) groups excluding carboxylic acids is 2. The quantitative estimate of drug-likeness (QED) is 0.217. The Kier molecular flexibility index (Phi) is 6.83. The van der Waals surface area contributed by atoms with E-state index < -0.39 is 28.4 Å². The molecule has 0 saturated carbocycles. The van der Waals surface area contributed by atoms with Crippen molar-refractivity contribution in [2.24, 2.45) is 0 Å². The average molecular weight is 453 g/mol. The number of phenolic OH excluding ortho intramolecular Hbond substituents is 1. The molecule has 3 rings (SSSR count). The van der Waals surface area contributed by atoms with Gasteiger partial charge in [-0.25, -0.2) is 0 Å². The number of hydrogen-bond donors (Lipinski definition) is 2. The fourth-order valence-corrected chi connectivity index (χ4v) is 3.96. The molecule has 1 aliphatic heterocycles. The summed E-state index contributed by atoms with van der Waals surface area (Å²) in [4.78, 5) is 40.1. The van der Waals surface area contributed by atoms with Crippen molar-refractivity contribution in [1.82, 2.24) is 9.80 Å². The molecule has 0 spiro atoms. The molecule has 1 amide bonds. The van der Waals surface area contributed by atoms with E-state index in [0.29, 0.717) is 18.5 Å². The summed E-state index contributed by atoms with van der Waals surface area (Å²) in [5.41, 5.74) is 1.53. The first-order valence-corrected chi connectivity index (χ1v) is 10.5. The summed E-state index contributed by atoms with van der Waals surface area (Å²) in [6, 6.07) is 7.66. The molecular formula is C24H27N3O6. The number of benzene rings is 2. The Hall–Kier alpha value is -3.72. The zero-order valence-electron chi connectivity index (χ0n) is 19.0. The summed E-state index contributed by atoms with van der Waals surface area (Å²) in [5, 5.41) is 32.9. The molecule has 9 heteroatoms. The van der Waals surface area contributed by atoms with E-state index in [1.54, 1.807) is 26.0 Å². The zero-order valence-corrected chi connectivity index (χ0v) is 19.0. The number of aliphatic hydroxyl groups excluding tert-OH is 1. The number of Topliss-reactive ketones (excluding diaryl/α,β-unsaturated/α-hetero) is 1. The minimum atomic E-state index is -1.02. The van der Waals surface area contributed by atoms with Crippen LogP contribution in [0, 0.1) is 24.0 Å². The van der Waals surface area contributed by atoms with Crippen molar-refractivity contribution in [2.75, 3.05) is 27.2 Å². The molecule has 0 aromatic heterocycles. The van der Waals surface area contributed by atoms with Gasteiger partial charge in [-0.3, -0.25) is 19.7 Å². The van der Waals surface area contributed by atoms with Crippen molar-refractivity contribution in [3.8, 4) is 5.75 Å². The molecule has 174 valence electrons. The number of nitro groups is 1. The number of amides is 1. The highest BCUT2D eigenvalue weighted by molar-refractivity contribution is 6.46. The summed E-state index contributed by atoms with van der Waals surface area (Å²) in [5.74, 6) is -2.44. The summed E-state index contributed by atoms with van der Waals surface area (Å²) >= 11 is 0. The maximum atomic E-state index is 13.1. The molecule has 0 bridgehead atoms. The van der Waals surface area contributed by atoms with Gasteiger partial charge in [0.2, 0.25) is 0 Å². The molecule has 1 saturated heterocycles. The van der Waals surface area contributed by atoms with E-state index in [0.717, 1.165) is 11.1 Å². The van der Waals surface area contributed by atoms with Crippen molar-refractivity contribution < 1.29 is 24.7 Å². The number of nitro benzene ring substituents is 1. The number of aryl methyl sites for hydroxylation is 2. The summed E-state index contributed by atoms with van der Waals surface area (Å²) in [7, 11) is 3.77. The van der Waals surface area contributed by atoms with Crippen molar-refractivity contribution in [1.29, 1.82) is 0 Å². The van der Waals surface area contributed by atoms with Gasteiger partial charge in [0.15, 0.2) is 0 Å². The number of nitrogens with zero attached hydrogens (tertiary/aromatic N) is 3. The number of phenols is 1. The minimum absolute atomic E-state index is 0.0276. The normalized spacial score (nSPS) is 17.7. The number of hydrogen-bond acceptors (Lipinski definition) is 7.